The summed E-state index contributed by atoms with van der Waals surface area (Å²) >= 11 is 0. The minimum absolute atomic E-state index is 0.193. The van der Waals surface area contributed by atoms with Crippen LogP contribution < -0.4 is 0 Å². The summed E-state index contributed by atoms with van der Waals surface area (Å²) in [4.78, 5) is 0. The zero-order chi connectivity index (χ0) is 18.1. The van der Waals surface area contributed by atoms with Crippen LogP contribution in [-0.2, 0) is 0 Å². The van der Waals surface area contributed by atoms with Crippen LogP contribution in [0.4, 0.5) is 0 Å². The Morgan fingerprint density at radius 1 is 0.708 bits per heavy atom. The van der Waals surface area contributed by atoms with Crippen molar-refractivity contribution in [1.29, 1.82) is 0 Å². The van der Waals surface area contributed by atoms with Crippen LogP contribution in [0.5, 0.6) is 0 Å². The summed E-state index contributed by atoms with van der Waals surface area (Å²) < 4.78 is 0.704. The van der Waals surface area contributed by atoms with E-state index in [0.717, 1.165) is 25.9 Å². The molecule has 0 fully saturated rings. The lowest BCUT2D eigenvalue weighted by Gasteiger charge is -2.31. The first-order chi connectivity index (χ1) is 11.5. The van der Waals surface area contributed by atoms with Crippen LogP contribution in [0.15, 0.2) is 0 Å². The second-order valence-electron chi connectivity index (χ2n) is 8.25. The zero-order valence-corrected chi connectivity index (χ0v) is 16.9. The number of unbranched alkanes of at least 4 members (excludes halogenated alkanes) is 12. The van der Waals surface area contributed by atoms with E-state index in [9.17, 15) is 5.11 Å². The highest BCUT2D eigenvalue weighted by molar-refractivity contribution is 4.56. The Kier molecular flexibility index (Phi) is 16.3. The summed E-state index contributed by atoms with van der Waals surface area (Å²) in [6.07, 6.45) is 18.4. The van der Waals surface area contributed by atoms with Crippen molar-refractivity contribution in [3.8, 4) is 0 Å². The summed E-state index contributed by atoms with van der Waals surface area (Å²) in [6, 6.07) is 0. The molecule has 0 rings (SSSR count). The van der Waals surface area contributed by atoms with Gasteiger partial charge >= 0.3 is 0 Å². The Morgan fingerprint density at radius 2 is 1.12 bits per heavy atom. The van der Waals surface area contributed by atoms with Crippen molar-refractivity contribution in [2.45, 2.75) is 103 Å². The molecule has 0 unspecified atom stereocenters. The van der Waals surface area contributed by atoms with Gasteiger partial charge in [0.15, 0.2) is 0 Å². The van der Waals surface area contributed by atoms with Crippen LogP contribution >= 0.6 is 0 Å². The van der Waals surface area contributed by atoms with Gasteiger partial charge in [0, 0.05) is 0 Å². The average Bonchev–Trinajstić information content (AvgIpc) is 2.51. The van der Waals surface area contributed by atoms with Crippen LogP contribution in [0.25, 0.3) is 0 Å². The van der Waals surface area contributed by atoms with Crippen molar-refractivity contribution in [1.82, 2.24) is 0 Å². The van der Waals surface area contributed by atoms with Gasteiger partial charge in [0.05, 0.1) is 20.7 Å². The van der Waals surface area contributed by atoms with Gasteiger partial charge in [-0.25, -0.2) is 0 Å². The number of hydrogen-bond acceptors (Lipinski definition) is 2. The monoisotopic (exact) mass is 344 g/mol. The van der Waals surface area contributed by atoms with Gasteiger partial charge in [-0.1, -0.05) is 90.4 Å². The Balaban J connectivity index is 3.27. The number of nitrogens with zero attached hydrogens (tertiary/aromatic N) is 1. The van der Waals surface area contributed by atoms with E-state index in [1.807, 2.05) is 0 Å². The summed E-state index contributed by atoms with van der Waals surface area (Å²) in [7, 11) is 4.15. The molecule has 0 aromatic heterocycles. The number of likely N-dealkylation sites (N-methyl/N-ethyl adjacent to an activating group) is 1. The predicted molar refractivity (Wildman–Crippen MR) is 105 cm³/mol. The second kappa shape index (κ2) is 16.4. The highest BCUT2D eigenvalue weighted by Crippen LogP contribution is 2.14. The molecule has 0 amide bonds. The zero-order valence-electron chi connectivity index (χ0n) is 16.9. The van der Waals surface area contributed by atoms with Gasteiger partial charge in [0.2, 0.25) is 0 Å². The third-order valence-corrected chi connectivity index (χ3v) is 5.05. The number of aliphatic hydroxyl groups excluding tert-OH is 2. The Hall–Kier alpha value is -0.120. The Bertz CT molecular complexity index is 256. The predicted octanol–water partition coefficient (Wildman–Crippen LogP) is 4.90. The van der Waals surface area contributed by atoms with Gasteiger partial charge in [-0.2, -0.15) is 0 Å². The molecule has 0 spiro atoms. The topological polar surface area (TPSA) is 40.5 Å². The lowest BCUT2D eigenvalue weighted by atomic mass is 10.0. The number of quaternary nitrogens is 1. The molecule has 0 bridgehead atoms. The van der Waals surface area contributed by atoms with Crippen LogP contribution in [0.3, 0.4) is 0 Å². The van der Waals surface area contributed by atoms with Crippen molar-refractivity contribution in [2.24, 2.45) is 0 Å². The number of rotatable bonds is 18. The molecule has 146 valence electrons. The lowest BCUT2D eigenvalue weighted by Crippen LogP contribution is -2.47. The quantitative estimate of drug-likeness (QED) is 0.274. The smallest absolute Gasteiger partial charge is 0.105 e. The molecule has 24 heavy (non-hydrogen) atoms. The molecule has 0 radical (unpaired) electrons. The molecule has 0 aliphatic heterocycles. The van der Waals surface area contributed by atoms with E-state index in [0.29, 0.717) is 4.48 Å². The van der Waals surface area contributed by atoms with E-state index in [2.05, 4.69) is 21.0 Å². The normalized spacial score (nSPS) is 13.4. The van der Waals surface area contributed by atoms with Gasteiger partial charge in [-0.05, 0) is 6.42 Å². The van der Waals surface area contributed by atoms with E-state index in [1.165, 1.54) is 77.0 Å². The number of aliphatic hydroxyl groups is 2. The van der Waals surface area contributed by atoms with Gasteiger partial charge in [-0.15, -0.1) is 0 Å². The fourth-order valence-electron chi connectivity index (χ4n) is 3.42. The first-order valence-electron chi connectivity index (χ1n) is 10.6. The lowest BCUT2D eigenvalue weighted by molar-refractivity contribution is -0.893. The summed E-state index contributed by atoms with van der Waals surface area (Å²) in [6.45, 7) is 3.94. The van der Waals surface area contributed by atoms with Crippen LogP contribution in [0.2, 0.25) is 0 Å². The maximum Gasteiger partial charge on any atom is 0.105 e. The SMILES string of the molecule is CCCCCCCCCCCCCCC[C@@H](O)C[N+](C)(C)CCO. The van der Waals surface area contributed by atoms with Crippen LogP contribution in [0, 0.1) is 0 Å². The van der Waals surface area contributed by atoms with Crippen LogP contribution in [0.1, 0.15) is 96.8 Å². The molecule has 0 saturated carbocycles. The first kappa shape index (κ1) is 23.9. The first-order valence-corrected chi connectivity index (χ1v) is 10.6. The molecule has 0 aliphatic rings. The van der Waals surface area contributed by atoms with E-state index in [4.69, 9.17) is 5.11 Å². The molecule has 0 saturated heterocycles. The maximum atomic E-state index is 10.1. The number of hydrogen-bond donors (Lipinski definition) is 2. The molecule has 0 heterocycles. The van der Waals surface area contributed by atoms with E-state index in [1.54, 1.807) is 0 Å². The van der Waals surface area contributed by atoms with E-state index in [-0.39, 0.29) is 12.7 Å². The van der Waals surface area contributed by atoms with Gasteiger partial charge in [0.25, 0.3) is 0 Å². The minimum Gasteiger partial charge on any atom is -0.391 e. The standard InChI is InChI=1S/C21H46NO2/c1-4-5-6-7-8-9-10-11-12-13-14-15-16-17-21(24)20-22(2,3)18-19-23/h21,23-24H,4-20H2,1-3H3/q+1/t21-/m1/s1. The molecular weight excluding hydrogens is 298 g/mol. The Morgan fingerprint density at radius 3 is 1.54 bits per heavy atom. The van der Waals surface area contributed by atoms with Crippen molar-refractivity contribution in [3.63, 3.8) is 0 Å². The van der Waals surface area contributed by atoms with E-state index < -0.39 is 0 Å². The molecule has 3 heteroatoms. The minimum atomic E-state index is -0.223. The molecule has 2 N–H and O–H groups in total. The van der Waals surface area contributed by atoms with Crippen molar-refractivity contribution in [3.05, 3.63) is 0 Å². The largest absolute Gasteiger partial charge is 0.391 e. The molecule has 0 aromatic carbocycles. The third kappa shape index (κ3) is 16.7. The second-order valence-corrected chi connectivity index (χ2v) is 8.25. The fourth-order valence-corrected chi connectivity index (χ4v) is 3.42. The highest BCUT2D eigenvalue weighted by Gasteiger charge is 2.19. The third-order valence-electron chi connectivity index (χ3n) is 5.05. The summed E-state index contributed by atoms with van der Waals surface area (Å²) in [5, 5.41) is 19.1. The molecule has 1 atom stereocenters. The van der Waals surface area contributed by atoms with Gasteiger partial charge < -0.3 is 14.7 Å². The highest BCUT2D eigenvalue weighted by atomic mass is 16.3. The average molecular weight is 345 g/mol. The maximum absolute atomic E-state index is 10.1. The van der Waals surface area contributed by atoms with E-state index >= 15 is 0 Å². The summed E-state index contributed by atoms with van der Waals surface area (Å²) in [5.74, 6) is 0. The van der Waals surface area contributed by atoms with Crippen LogP contribution in [-0.4, -0.2) is 54.6 Å². The van der Waals surface area contributed by atoms with Crippen molar-refractivity contribution < 1.29 is 14.7 Å². The van der Waals surface area contributed by atoms with Crippen molar-refractivity contribution >= 4 is 0 Å². The molecule has 0 aromatic rings. The fraction of sp³-hybridized carbons (Fsp3) is 1.00. The molecular formula is C21H46NO2+. The van der Waals surface area contributed by atoms with Gasteiger partial charge in [0.1, 0.15) is 19.2 Å². The molecule has 0 aliphatic carbocycles. The van der Waals surface area contributed by atoms with Gasteiger partial charge in [-0.3, -0.25) is 0 Å². The van der Waals surface area contributed by atoms with Crippen molar-refractivity contribution in [2.75, 3.05) is 33.8 Å². The molecule has 3 nitrogen and oxygen atoms in total. The Labute approximate surface area is 152 Å². The summed E-state index contributed by atoms with van der Waals surface area (Å²) in [5.41, 5.74) is 0.